The van der Waals surface area contributed by atoms with Gasteiger partial charge in [-0.15, -0.1) is 0 Å². The summed E-state index contributed by atoms with van der Waals surface area (Å²) in [5, 5.41) is 0. The van der Waals surface area contributed by atoms with Crippen molar-refractivity contribution in [1.29, 1.82) is 0 Å². The lowest BCUT2D eigenvalue weighted by Gasteiger charge is -2.26. The van der Waals surface area contributed by atoms with E-state index in [1.807, 2.05) is 30.3 Å². The van der Waals surface area contributed by atoms with Gasteiger partial charge in [-0.25, -0.2) is 4.79 Å². The molecule has 11 heteroatoms. The average Bonchev–Trinajstić information content (AvgIpc) is 3.20. The van der Waals surface area contributed by atoms with Crippen LogP contribution < -0.4 is 0 Å². The lowest BCUT2D eigenvalue weighted by atomic mass is 9.88. The van der Waals surface area contributed by atoms with Gasteiger partial charge in [0.2, 0.25) is 0 Å². The Morgan fingerprint density at radius 3 is 1.95 bits per heavy atom. The smallest absolute Gasteiger partial charge is 0.416 e. The van der Waals surface area contributed by atoms with Crippen LogP contribution in [0.3, 0.4) is 0 Å². The van der Waals surface area contributed by atoms with E-state index in [1.165, 1.54) is 11.9 Å². The summed E-state index contributed by atoms with van der Waals surface area (Å²) >= 11 is 0. The van der Waals surface area contributed by atoms with Crippen LogP contribution in [-0.2, 0) is 17.1 Å². The molecule has 2 atom stereocenters. The van der Waals surface area contributed by atoms with Crippen molar-refractivity contribution in [3.05, 3.63) is 70.8 Å². The molecule has 1 saturated heterocycles. The van der Waals surface area contributed by atoms with E-state index in [1.54, 1.807) is 20.8 Å². The summed E-state index contributed by atoms with van der Waals surface area (Å²) in [5.41, 5.74) is -3.68. The van der Waals surface area contributed by atoms with Gasteiger partial charge < -0.3 is 14.5 Å². The number of benzene rings is 2. The van der Waals surface area contributed by atoms with Crippen LogP contribution in [0.15, 0.2) is 48.5 Å². The van der Waals surface area contributed by atoms with Crippen LogP contribution in [0.4, 0.5) is 31.1 Å². The molecule has 0 aromatic heterocycles. The third-order valence-electron chi connectivity index (χ3n) is 6.01. The third kappa shape index (κ3) is 7.17. The molecule has 5 nitrogen and oxygen atoms in total. The Balaban J connectivity index is 1.87. The molecule has 2 amide bonds. The second-order valence-corrected chi connectivity index (χ2v) is 10.1. The minimum Gasteiger partial charge on any atom is -0.444 e. The van der Waals surface area contributed by atoms with E-state index in [9.17, 15) is 35.9 Å². The highest BCUT2D eigenvalue weighted by Crippen LogP contribution is 2.37. The quantitative estimate of drug-likeness (QED) is 0.427. The minimum absolute atomic E-state index is 0.00467. The molecule has 0 spiro atoms. The zero-order valence-electron chi connectivity index (χ0n) is 20.8. The molecule has 0 unspecified atom stereocenters. The number of hydrogen-bond acceptors (Lipinski definition) is 3. The molecule has 3 rings (SSSR count). The van der Waals surface area contributed by atoms with Crippen molar-refractivity contribution in [2.45, 2.75) is 44.6 Å². The van der Waals surface area contributed by atoms with E-state index in [2.05, 4.69) is 0 Å². The molecule has 0 N–H and O–H groups in total. The van der Waals surface area contributed by atoms with E-state index in [-0.39, 0.29) is 37.5 Å². The lowest BCUT2D eigenvalue weighted by Crippen LogP contribution is -2.37. The number of halogens is 6. The zero-order chi connectivity index (χ0) is 27.8. The molecular weight excluding hydrogens is 502 g/mol. The molecule has 1 aliphatic rings. The maximum Gasteiger partial charge on any atom is 0.416 e. The van der Waals surface area contributed by atoms with Crippen LogP contribution in [0.2, 0.25) is 0 Å². The topological polar surface area (TPSA) is 49.9 Å². The van der Waals surface area contributed by atoms with E-state index >= 15 is 0 Å². The van der Waals surface area contributed by atoms with Crippen molar-refractivity contribution in [3.8, 4) is 0 Å². The summed E-state index contributed by atoms with van der Waals surface area (Å²) in [5.74, 6) is -1.55. The fourth-order valence-electron chi connectivity index (χ4n) is 4.34. The number of carbonyl (C=O) groups excluding carboxylic acids is 2. The highest BCUT2D eigenvalue weighted by molar-refractivity contribution is 5.94. The second kappa shape index (κ2) is 10.3. The first-order valence-electron chi connectivity index (χ1n) is 11.5. The van der Waals surface area contributed by atoms with Crippen LogP contribution in [0.1, 0.15) is 53.7 Å². The predicted molar refractivity (Wildman–Crippen MR) is 124 cm³/mol. The molecule has 1 heterocycles. The Labute approximate surface area is 211 Å². The van der Waals surface area contributed by atoms with Gasteiger partial charge in [0.05, 0.1) is 11.1 Å². The van der Waals surface area contributed by atoms with Crippen molar-refractivity contribution in [3.63, 3.8) is 0 Å². The number of rotatable bonds is 4. The molecule has 1 fully saturated rings. The third-order valence-corrected chi connectivity index (χ3v) is 6.01. The van der Waals surface area contributed by atoms with E-state index in [0.717, 1.165) is 10.5 Å². The van der Waals surface area contributed by atoms with Crippen molar-refractivity contribution in [1.82, 2.24) is 9.80 Å². The normalized spacial score (nSPS) is 18.6. The van der Waals surface area contributed by atoms with Gasteiger partial charge in [0.15, 0.2) is 0 Å². The van der Waals surface area contributed by atoms with Crippen molar-refractivity contribution in [2.24, 2.45) is 5.92 Å². The number of amides is 2. The maximum absolute atomic E-state index is 13.3. The van der Waals surface area contributed by atoms with Crippen LogP contribution in [0, 0.1) is 5.92 Å². The van der Waals surface area contributed by atoms with E-state index < -0.39 is 46.6 Å². The largest absolute Gasteiger partial charge is 0.444 e. The Kier molecular flexibility index (Phi) is 7.85. The summed E-state index contributed by atoms with van der Waals surface area (Å²) in [4.78, 5) is 28.3. The Hall–Kier alpha value is -3.24. The zero-order valence-corrected chi connectivity index (χ0v) is 20.8. The number of hydrogen-bond donors (Lipinski definition) is 0. The van der Waals surface area contributed by atoms with Gasteiger partial charge in [-0.3, -0.25) is 4.79 Å². The molecule has 2 aromatic rings. The van der Waals surface area contributed by atoms with Crippen LogP contribution in [0.25, 0.3) is 0 Å². The number of ether oxygens (including phenoxy) is 1. The molecule has 202 valence electrons. The van der Waals surface area contributed by atoms with Crippen LogP contribution >= 0.6 is 0 Å². The maximum atomic E-state index is 13.3. The van der Waals surface area contributed by atoms with Crippen molar-refractivity contribution in [2.75, 3.05) is 26.7 Å². The Bertz CT molecular complexity index is 1090. The average molecular weight is 531 g/mol. The highest BCUT2D eigenvalue weighted by atomic mass is 19.4. The van der Waals surface area contributed by atoms with Gasteiger partial charge >= 0.3 is 18.4 Å². The monoisotopic (exact) mass is 530 g/mol. The SMILES string of the molecule is CN(C[C@@H]1CN(C(=O)OC(C)(C)C)C[C@H]1c1ccccc1)C(=O)c1cc(C(F)(F)F)cc(C(F)(F)F)c1. The Morgan fingerprint density at radius 2 is 1.46 bits per heavy atom. The van der Waals surface area contributed by atoms with Crippen molar-refractivity contribution < 1.29 is 40.7 Å². The minimum atomic E-state index is -5.06. The molecule has 1 aliphatic heterocycles. The summed E-state index contributed by atoms with van der Waals surface area (Å²) in [6.45, 7) is 5.66. The molecule has 0 radical (unpaired) electrons. The van der Waals surface area contributed by atoms with E-state index in [0.29, 0.717) is 12.1 Å². The lowest BCUT2D eigenvalue weighted by molar-refractivity contribution is -0.143. The second-order valence-electron chi connectivity index (χ2n) is 10.1. The fraction of sp³-hybridized carbons (Fsp3) is 0.462. The first kappa shape index (κ1) is 28.3. The molecule has 0 saturated carbocycles. The standard InChI is InChI=1S/C26H28F6N2O3/c1-24(2,3)37-23(36)34-14-18(21(15-34)16-8-6-5-7-9-16)13-33(4)22(35)17-10-19(25(27,28)29)12-20(11-17)26(30,31)32/h5-12,18,21H,13-15H2,1-4H3/t18-,21+/m1/s1. The number of carbonyl (C=O) groups is 2. The molecule has 0 aliphatic carbocycles. The summed E-state index contributed by atoms with van der Waals surface area (Å²) in [7, 11) is 1.31. The van der Waals surface area contributed by atoms with Gasteiger partial charge in [-0.05, 0) is 44.5 Å². The number of alkyl halides is 6. The first-order chi connectivity index (χ1) is 17.0. The van der Waals surface area contributed by atoms with Crippen molar-refractivity contribution >= 4 is 12.0 Å². The first-order valence-corrected chi connectivity index (χ1v) is 11.5. The highest BCUT2D eigenvalue weighted by Gasteiger charge is 2.40. The van der Waals surface area contributed by atoms with Crippen LogP contribution in [-0.4, -0.2) is 54.1 Å². The van der Waals surface area contributed by atoms with Crippen LogP contribution in [0.5, 0.6) is 0 Å². The number of nitrogens with zero attached hydrogens (tertiary/aromatic N) is 2. The molecule has 2 aromatic carbocycles. The van der Waals surface area contributed by atoms with Gasteiger partial charge in [-0.1, -0.05) is 30.3 Å². The fourth-order valence-corrected chi connectivity index (χ4v) is 4.34. The van der Waals surface area contributed by atoms with Gasteiger partial charge in [0, 0.05) is 44.1 Å². The summed E-state index contributed by atoms with van der Waals surface area (Å²) in [6.07, 6.45) is -10.7. The van der Waals surface area contributed by atoms with Gasteiger partial charge in [0.1, 0.15) is 5.60 Å². The Morgan fingerprint density at radius 1 is 0.919 bits per heavy atom. The number of likely N-dealkylation sites (tertiary alicyclic amines) is 1. The molecule has 37 heavy (non-hydrogen) atoms. The van der Waals surface area contributed by atoms with Gasteiger partial charge in [-0.2, -0.15) is 26.3 Å². The predicted octanol–water partition coefficient (Wildman–Crippen LogP) is 6.45. The molecular formula is C26H28F6N2O3. The summed E-state index contributed by atoms with van der Waals surface area (Å²) in [6, 6.07) is 10.0. The summed E-state index contributed by atoms with van der Waals surface area (Å²) < 4.78 is 85.0. The van der Waals surface area contributed by atoms with E-state index in [4.69, 9.17) is 4.74 Å². The molecule has 0 bridgehead atoms. The van der Waals surface area contributed by atoms with Gasteiger partial charge in [0.25, 0.3) is 5.91 Å².